The summed E-state index contributed by atoms with van der Waals surface area (Å²) >= 11 is 0. The van der Waals surface area contributed by atoms with Crippen molar-refractivity contribution in [2.45, 2.75) is 64.8 Å². The van der Waals surface area contributed by atoms with Gasteiger partial charge in [0.15, 0.2) is 17.3 Å². The fraction of sp³-hybridized carbons (Fsp3) is 0.481. The lowest BCUT2D eigenvalue weighted by Crippen LogP contribution is -2.30. The molecule has 1 atom stereocenters. The smallest absolute Gasteiger partial charge is 0.223 e. The summed E-state index contributed by atoms with van der Waals surface area (Å²) in [5, 5.41) is 0. The number of rotatable bonds is 8. The van der Waals surface area contributed by atoms with Gasteiger partial charge in [-0.05, 0) is 60.9 Å². The maximum atomic E-state index is 12.9. The molecule has 1 fully saturated rings. The van der Waals surface area contributed by atoms with Crippen LogP contribution >= 0.6 is 0 Å². The van der Waals surface area contributed by atoms with Gasteiger partial charge >= 0.3 is 0 Å². The van der Waals surface area contributed by atoms with E-state index in [1.807, 2.05) is 4.90 Å². The van der Waals surface area contributed by atoms with Crippen molar-refractivity contribution in [3.05, 3.63) is 59.2 Å². The molecule has 0 radical (unpaired) electrons. The van der Waals surface area contributed by atoms with Gasteiger partial charge in [0.1, 0.15) is 0 Å². The van der Waals surface area contributed by atoms with E-state index in [-0.39, 0.29) is 23.1 Å². The lowest BCUT2D eigenvalue weighted by Gasteiger charge is -2.26. The quantitative estimate of drug-likeness (QED) is 0.392. The van der Waals surface area contributed by atoms with Crippen LogP contribution in [-0.2, 0) is 10.2 Å². The Balaban J connectivity index is 1.54. The molecule has 0 aliphatic carbocycles. The van der Waals surface area contributed by atoms with E-state index in [0.29, 0.717) is 36.5 Å². The summed E-state index contributed by atoms with van der Waals surface area (Å²) in [6, 6.07) is 14.1. The number of ether oxygens (including phenoxy) is 2. The van der Waals surface area contributed by atoms with Crippen molar-refractivity contribution in [2.24, 2.45) is 0 Å². The third kappa shape index (κ3) is 5.70. The highest BCUT2D eigenvalue weighted by Crippen LogP contribution is 2.34. The van der Waals surface area contributed by atoms with Crippen molar-refractivity contribution >= 4 is 11.7 Å². The molecule has 5 nitrogen and oxygen atoms in total. The first-order chi connectivity index (χ1) is 15.2. The number of amides is 1. The van der Waals surface area contributed by atoms with Crippen molar-refractivity contribution in [3.8, 4) is 11.5 Å². The van der Waals surface area contributed by atoms with Crippen LogP contribution in [0.3, 0.4) is 0 Å². The van der Waals surface area contributed by atoms with Gasteiger partial charge in [-0.15, -0.1) is 0 Å². The first-order valence-electron chi connectivity index (χ1n) is 11.4. The summed E-state index contributed by atoms with van der Waals surface area (Å²) in [4.78, 5) is 26.5. The summed E-state index contributed by atoms with van der Waals surface area (Å²) in [6.07, 6.45) is 3.12. The molecular formula is C27H35NO4. The molecule has 0 N–H and O–H groups in total. The second-order valence-electron chi connectivity index (χ2n) is 9.49. The van der Waals surface area contributed by atoms with Gasteiger partial charge in [0.25, 0.3) is 0 Å². The minimum Gasteiger partial charge on any atom is -0.493 e. The van der Waals surface area contributed by atoms with Gasteiger partial charge in [-0.3, -0.25) is 9.59 Å². The van der Waals surface area contributed by atoms with Crippen LogP contribution < -0.4 is 9.47 Å². The minimum atomic E-state index is -0.0198. The lowest BCUT2D eigenvalue weighted by atomic mass is 9.86. The number of ketones is 1. The van der Waals surface area contributed by atoms with Gasteiger partial charge in [0.05, 0.1) is 19.8 Å². The van der Waals surface area contributed by atoms with Gasteiger partial charge in [-0.2, -0.15) is 0 Å². The Morgan fingerprint density at radius 3 is 2.41 bits per heavy atom. The molecule has 1 saturated heterocycles. The first kappa shape index (κ1) is 23.8. The van der Waals surface area contributed by atoms with Crippen molar-refractivity contribution in [1.82, 2.24) is 4.90 Å². The molecule has 5 heteroatoms. The van der Waals surface area contributed by atoms with Crippen LogP contribution in [0.2, 0.25) is 0 Å². The van der Waals surface area contributed by atoms with Crippen LogP contribution in [0.4, 0.5) is 0 Å². The molecule has 1 heterocycles. The zero-order chi connectivity index (χ0) is 23.3. The number of carbonyl (C=O) groups is 2. The maximum Gasteiger partial charge on any atom is 0.223 e. The van der Waals surface area contributed by atoms with Crippen molar-refractivity contribution in [3.63, 3.8) is 0 Å². The molecular weight excluding hydrogens is 402 g/mol. The normalized spacial score (nSPS) is 16.2. The average molecular weight is 438 g/mol. The Bertz CT molecular complexity index is 943. The van der Waals surface area contributed by atoms with Crippen molar-refractivity contribution in [2.75, 3.05) is 20.3 Å². The van der Waals surface area contributed by atoms with E-state index in [1.165, 1.54) is 18.1 Å². The molecule has 0 bridgehead atoms. The largest absolute Gasteiger partial charge is 0.493 e. The van der Waals surface area contributed by atoms with Crippen LogP contribution in [0.15, 0.2) is 42.5 Å². The molecule has 1 aliphatic heterocycles. The number of hydrogen-bond donors (Lipinski definition) is 0. The van der Waals surface area contributed by atoms with Crippen molar-refractivity contribution < 1.29 is 19.1 Å². The highest BCUT2D eigenvalue weighted by atomic mass is 16.5. The van der Waals surface area contributed by atoms with Gasteiger partial charge in [0, 0.05) is 18.5 Å². The van der Waals surface area contributed by atoms with Crippen LogP contribution in [0.1, 0.15) is 80.9 Å². The van der Waals surface area contributed by atoms with Crippen LogP contribution in [0, 0.1) is 0 Å². The van der Waals surface area contributed by atoms with E-state index >= 15 is 0 Å². The standard InChI is InChI=1S/C27H35NO4/c1-19(29)21-12-15-24(25(18-21)31-5)32-17-7-9-26(30)28-16-6-8-23(28)20-10-13-22(14-11-20)27(2,3)4/h10-15,18,23H,6-9,16-17H2,1-5H3. The number of likely N-dealkylation sites (tertiary alicyclic amines) is 1. The minimum absolute atomic E-state index is 0.0198. The SMILES string of the molecule is COc1cc(C(C)=O)ccc1OCCCC(=O)N1CCCC1c1ccc(C(C)(C)C)cc1. The van der Waals surface area contributed by atoms with E-state index < -0.39 is 0 Å². The number of carbonyl (C=O) groups excluding carboxylic acids is 2. The second kappa shape index (κ2) is 10.2. The van der Waals surface area contributed by atoms with Gasteiger partial charge in [0.2, 0.25) is 5.91 Å². The topological polar surface area (TPSA) is 55.8 Å². The summed E-state index contributed by atoms with van der Waals surface area (Å²) in [5.74, 6) is 1.27. The molecule has 3 rings (SSSR count). The predicted octanol–water partition coefficient (Wildman–Crippen LogP) is 5.72. The Hall–Kier alpha value is -2.82. The zero-order valence-electron chi connectivity index (χ0n) is 19.9. The van der Waals surface area contributed by atoms with Crippen LogP contribution in [-0.4, -0.2) is 36.9 Å². The fourth-order valence-corrected chi connectivity index (χ4v) is 4.17. The third-order valence-electron chi connectivity index (χ3n) is 6.10. The molecule has 1 unspecified atom stereocenters. The van der Waals surface area contributed by atoms with E-state index in [9.17, 15) is 9.59 Å². The van der Waals surface area contributed by atoms with Crippen molar-refractivity contribution in [1.29, 1.82) is 0 Å². The molecule has 2 aromatic carbocycles. The van der Waals surface area contributed by atoms with E-state index in [4.69, 9.17) is 9.47 Å². The molecule has 1 amide bonds. The summed E-state index contributed by atoms with van der Waals surface area (Å²) in [7, 11) is 1.55. The maximum absolute atomic E-state index is 12.9. The summed E-state index contributed by atoms with van der Waals surface area (Å²) in [6.45, 7) is 9.38. The van der Waals surface area contributed by atoms with Crippen LogP contribution in [0.25, 0.3) is 0 Å². The Labute approximate surface area is 191 Å². The third-order valence-corrected chi connectivity index (χ3v) is 6.10. The fourth-order valence-electron chi connectivity index (χ4n) is 4.17. The number of benzene rings is 2. The molecule has 2 aromatic rings. The summed E-state index contributed by atoms with van der Waals surface area (Å²) in [5.41, 5.74) is 3.23. The summed E-state index contributed by atoms with van der Waals surface area (Å²) < 4.78 is 11.2. The molecule has 1 aliphatic rings. The highest BCUT2D eigenvalue weighted by Gasteiger charge is 2.29. The Kier molecular flexibility index (Phi) is 7.60. The predicted molar refractivity (Wildman–Crippen MR) is 127 cm³/mol. The monoisotopic (exact) mass is 437 g/mol. The molecule has 0 saturated carbocycles. The second-order valence-corrected chi connectivity index (χ2v) is 9.49. The van der Waals surface area contributed by atoms with E-state index in [1.54, 1.807) is 25.3 Å². The Morgan fingerprint density at radius 1 is 1.06 bits per heavy atom. The number of methoxy groups -OCH3 is 1. The van der Waals surface area contributed by atoms with Gasteiger partial charge < -0.3 is 14.4 Å². The average Bonchev–Trinajstić information content (AvgIpc) is 3.26. The van der Waals surface area contributed by atoms with E-state index in [2.05, 4.69) is 45.0 Å². The first-order valence-corrected chi connectivity index (χ1v) is 11.4. The number of Topliss-reactive ketones (excluding diaryl/α,β-unsaturated/α-hetero) is 1. The molecule has 0 spiro atoms. The highest BCUT2D eigenvalue weighted by molar-refractivity contribution is 5.94. The van der Waals surface area contributed by atoms with Gasteiger partial charge in [-0.25, -0.2) is 0 Å². The molecule has 172 valence electrons. The zero-order valence-corrected chi connectivity index (χ0v) is 19.9. The number of hydrogen-bond acceptors (Lipinski definition) is 4. The van der Waals surface area contributed by atoms with E-state index in [0.717, 1.165) is 19.4 Å². The number of nitrogens with zero attached hydrogens (tertiary/aromatic N) is 1. The lowest BCUT2D eigenvalue weighted by molar-refractivity contribution is -0.132. The van der Waals surface area contributed by atoms with Crippen LogP contribution in [0.5, 0.6) is 11.5 Å². The Morgan fingerprint density at radius 2 is 1.78 bits per heavy atom. The molecule has 32 heavy (non-hydrogen) atoms. The van der Waals surface area contributed by atoms with Gasteiger partial charge in [-0.1, -0.05) is 45.0 Å². The molecule has 0 aromatic heterocycles.